The number of hydrogen-bond acceptors (Lipinski definition) is 3. The zero-order chi connectivity index (χ0) is 11.5. The lowest BCUT2D eigenvalue weighted by Crippen LogP contribution is -2.57. The molecule has 0 bridgehead atoms. The molecule has 0 aromatic heterocycles. The normalized spacial score (nSPS) is 16.9. The van der Waals surface area contributed by atoms with E-state index in [9.17, 15) is 4.79 Å². The van der Waals surface area contributed by atoms with Crippen LogP contribution in [0.15, 0.2) is 28.7 Å². The van der Waals surface area contributed by atoms with Gasteiger partial charge in [0.1, 0.15) is 0 Å². The fraction of sp³-hybridized carbons (Fsp3) is 0.364. The lowest BCUT2D eigenvalue weighted by atomic mass is 10.1. The fourth-order valence-corrected chi connectivity index (χ4v) is 1.94. The Labute approximate surface area is 103 Å². The smallest absolute Gasteiger partial charge is 0.238 e. The Kier molecular flexibility index (Phi) is 3.58. The summed E-state index contributed by atoms with van der Waals surface area (Å²) in [6.07, 6.45) is 0. The van der Waals surface area contributed by atoms with Crippen LogP contribution >= 0.6 is 15.9 Å². The summed E-state index contributed by atoms with van der Waals surface area (Å²) >= 11 is 3.34. The number of anilines is 1. The Hall–Kier alpha value is -0.910. The Morgan fingerprint density at radius 1 is 1.44 bits per heavy atom. The molecule has 1 saturated heterocycles. The second-order valence-corrected chi connectivity index (χ2v) is 4.92. The van der Waals surface area contributed by atoms with Crippen LogP contribution in [0.2, 0.25) is 0 Å². The van der Waals surface area contributed by atoms with Crippen molar-refractivity contribution >= 4 is 27.5 Å². The summed E-state index contributed by atoms with van der Waals surface area (Å²) in [5.74, 6) is 0.00854. The van der Waals surface area contributed by atoms with Gasteiger partial charge in [-0.2, -0.15) is 0 Å². The molecule has 1 fully saturated rings. The minimum atomic E-state index is 0.00854. The molecule has 0 saturated carbocycles. The van der Waals surface area contributed by atoms with E-state index in [2.05, 4.69) is 21.2 Å². The van der Waals surface area contributed by atoms with Crippen molar-refractivity contribution in [2.24, 2.45) is 5.73 Å². The summed E-state index contributed by atoms with van der Waals surface area (Å²) in [7, 11) is 0. The van der Waals surface area contributed by atoms with E-state index in [1.807, 2.05) is 29.2 Å². The maximum Gasteiger partial charge on any atom is 0.238 e. The molecular weight excluding hydrogens is 270 g/mol. The lowest BCUT2D eigenvalue weighted by molar-refractivity contribution is -0.118. The van der Waals surface area contributed by atoms with Crippen LogP contribution in [-0.2, 0) is 4.79 Å². The third-order valence-electron chi connectivity index (χ3n) is 2.48. The largest absolute Gasteiger partial charge is 0.325 e. The van der Waals surface area contributed by atoms with Crippen LogP contribution in [-0.4, -0.2) is 36.5 Å². The van der Waals surface area contributed by atoms with Gasteiger partial charge < -0.3 is 11.1 Å². The molecule has 0 spiro atoms. The van der Waals surface area contributed by atoms with Gasteiger partial charge in [-0.1, -0.05) is 15.9 Å². The highest BCUT2D eigenvalue weighted by atomic mass is 79.9. The third-order valence-corrected chi connectivity index (χ3v) is 3.01. The highest BCUT2D eigenvalue weighted by Gasteiger charge is 2.24. The Bertz CT molecular complexity index is 373. The van der Waals surface area contributed by atoms with Crippen molar-refractivity contribution in [3.05, 3.63) is 28.7 Å². The Morgan fingerprint density at radius 3 is 2.62 bits per heavy atom. The maximum atomic E-state index is 11.6. The van der Waals surface area contributed by atoms with Crippen LogP contribution in [0.1, 0.15) is 0 Å². The summed E-state index contributed by atoms with van der Waals surface area (Å²) in [4.78, 5) is 13.6. The molecule has 1 aliphatic rings. The van der Waals surface area contributed by atoms with Gasteiger partial charge in [0.25, 0.3) is 0 Å². The molecule has 16 heavy (non-hydrogen) atoms. The number of halogens is 1. The van der Waals surface area contributed by atoms with E-state index in [0.717, 1.165) is 23.2 Å². The average Bonchev–Trinajstić information content (AvgIpc) is 2.19. The van der Waals surface area contributed by atoms with Crippen LogP contribution < -0.4 is 11.1 Å². The molecule has 0 aliphatic carbocycles. The van der Waals surface area contributed by atoms with Gasteiger partial charge in [-0.15, -0.1) is 0 Å². The number of carbonyl (C=O) groups excluding carboxylic acids is 1. The first-order valence-corrected chi connectivity index (χ1v) is 5.96. The van der Waals surface area contributed by atoms with Crippen molar-refractivity contribution in [3.63, 3.8) is 0 Å². The first-order chi connectivity index (χ1) is 7.63. The minimum absolute atomic E-state index is 0.00854. The summed E-state index contributed by atoms with van der Waals surface area (Å²) < 4.78 is 0.999. The van der Waals surface area contributed by atoms with Gasteiger partial charge in [-0.05, 0) is 24.3 Å². The fourth-order valence-electron chi connectivity index (χ4n) is 1.68. The van der Waals surface area contributed by atoms with Crippen molar-refractivity contribution in [3.8, 4) is 0 Å². The average molecular weight is 284 g/mol. The summed E-state index contributed by atoms with van der Waals surface area (Å²) in [6.45, 7) is 2.05. The van der Waals surface area contributed by atoms with Gasteiger partial charge in [0, 0.05) is 29.3 Å². The van der Waals surface area contributed by atoms with E-state index >= 15 is 0 Å². The number of rotatable bonds is 3. The molecular formula is C11H14BrN3O. The molecule has 1 aromatic rings. The van der Waals surface area contributed by atoms with Gasteiger partial charge in [-0.3, -0.25) is 9.69 Å². The first kappa shape index (κ1) is 11.6. The van der Waals surface area contributed by atoms with Crippen LogP contribution in [0, 0.1) is 0 Å². The van der Waals surface area contributed by atoms with Gasteiger partial charge in [-0.25, -0.2) is 0 Å². The van der Waals surface area contributed by atoms with E-state index in [1.54, 1.807) is 0 Å². The monoisotopic (exact) mass is 283 g/mol. The molecule has 3 N–H and O–H groups in total. The molecule has 1 aliphatic heterocycles. The molecule has 0 radical (unpaired) electrons. The summed E-state index contributed by atoms with van der Waals surface area (Å²) in [5.41, 5.74) is 6.45. The second kappa shape index (κ2) is 4.95. The van der Waals surface area contributed by atoms with Crippen molar-refractivity contribution in [2.45, 2.75) is 6.04 Å². The zero-order valence-electron chi connectivity index (χ0n) is 8.82. The van der Waals surface area contributed by atoms with E-state index < -0.39 is 0 Å². The standard InChI is InChI=1S/C11H14BrN3O/c12-8-1-3-10(4-2-8)14-11(16)7-15-5-9(13)6-15/h1-4,9H,5-7,13H2,(H,14,16). The highest BCUT2D eigenvalue weighted by molar-refractivity contribution is 9.10. The zero-order valence-corrected chi connectivity index (χ0v) is 10.4. The summed E-state index contributed by atoms with van der Waals surface area (Å²) in [5, 5.41) is 2.84. The molecule has 5 heteroatoms. The predicted octanol–water partition coefficient (Wildman–Crippen LogP) is 1.03. The van der Waals surface area contributed by atoms with Crippen LogP contribution in [0.5, 0.6) is 0 Å². The number of carbonyl (C=O) groups is 1. The van der Waals surface area contributed by atoms with Crippen molar-refractivity contribution in [2.75, 3.05) is 25.0 Å². The van der Waals surface area contributed by atoms with Crippen molar-refractivity contribution in [1.29, 1.82) is 0 Å². The van der Waals surface area contributed by atoms with Gasteiger partial charge in [0.05, 0.1) is 6.54 Å². The molecule has 1 heterocycles. The number of amides is 1. The van der Waals surface area contributed by atoms with Crippen molar-refractivity contribution < 1.29 is 4.79 Å². The number of benzene rings is 1. The number of likely N-dealkylation sites (tertiary alicyclic amines) is 1. The Balaban J connectivity index is 1.80. The van der Waals surface area contributed by atoms with Crippen LogP contribution in [0.3, 0.4) is 0 Å². The maximum absolute atomic E-state index is 11.6. The third kappa shape index (κ3) is 3.04. The molecule has 86 valence electrons. The number of nitrogens with one attached hydrogen (secondary N) is 1. The summed E-state index contributed by atoms with van der Waals surface area (Å²) in [6, 6.07) is 7.76. The Morgan fingerprint density at radius 2 is 2.06 bits per heavy atom. The molecule has 2 rings (SSSR count). The molecule has 0 atom stereocenters. The quantitative estimate of drug-likeness (QED) is 0.871. The van der Waals surface area contributed by atoms with Crippen LogP contribution in [0.4, 0.5) is 5.69 Å². The second-order valence-electron chi connectivity index (χ2n) is 4.01. The van der Waals surface area contributed by atoms with Gasteiger partial charge >= 0.3 is 0 Å². The SMILES string of the molecule is NC1CN(CC(=O)Nc2ccc(Br)cc2)C1. The molecule has 1 aromatic carbocycles. The lowest BCUT2D eigenvalue weighted by Gasteiger charge is -2.36. The van der Waals surface area contributed by atoms with E-state index in [4.69, 9.17) is 5.73 Å². The van der Waals surface area contributed by atoms with E-state index in [0.29, 0.717) is 6.54 Å². The van der Waals surface area contributed by atoms with Gasteiger partial charge in [0.2, 0.25) is 5.91 Å². The van der Waals surface area contributed by atoms with E-state index in [-0.39, 0.29) is 11.9 Å². The number of nitrogens with two attached hydrogens (primary N) is 1. The molecule has 4 nitrogen and oxygen atoms in total. The topological polar surface area (TPSA) is 58.4 Å². The number of hydrogen-bond donors (Lipinski definition) is 2. The highest BCUT2D eigenvalue weighted by Crippen LogP contribution is 2.14. The predicted molar refractivity (Wildman–Crippen MR) is 67.2 cm³/mol. The molecule has 0 unspecified atom stereocenters. The number of nitrogens with zero attached hydrogens (tertiary/aromatic N) is 1. The van der Waals surface area contributed by atoms with Crippen LogP contribution in [0.25, 0.3) is 0 Å². The van der Waals surface area contributed by atoms with E-state index in [1.165, 1.54) is 0 Å². The first-order valence-electron chi connectivity index (χ1n) is 5.17. The molecule has 1 amide bonds. The minimum Gasteiger partial charge on any atom is -0.325 e. The van der Waals surface area contributed by atoms with Crippen molar-refractivity contribution in [1.82, 2.24) is 4.90 Å². The van der Waals surface area contributed by atoms with Gasteiger partial charge in [0.15, 0.2) is 0 Å².